The van der Waals surface area contributed by atoms with Crippen molar-refractivity contribution in [2.75, 3.05) is 19.9 Å². The molecule has 1 fully saturated rings. The van der Waals surface area contributed by atoms with Crippen LogP contribution >= 0.6 is 11.8 Å². The summed E-state index contributed by atoms with van der Waals surface area (Å²) in [5.74, 6) is -1.19. The van der Waals surface area contributed by atoms with Gasteiger partial charge in [0, 0.05) is 12.7 Å². The van der Waals surface area contributed by atoms with E-state index in [1.54, 1.807) is 27.0 Å². The number of carbonyl (C=O) groups excluding carboxylic acids is 3. The van der Waals surface area contributed by atoms with Crippen LogP contribution in [0.5, 0.6) is 0 Å². The summed E-state index contributed by atoms with van der Waals surface area (Å²) in [6.07, 6.45) is 3.44. The van der Waals surface area contributed by atoms with Crippen LogP contribution in [0.1, 0.15) is 44.1 Å². The molecule has 10 heteroatoms. The standard InChI is InChI=1S/C17H24N4O5S/c1-17(2,3)26-16(24)20-10-6-7-12(14(23)25-4)21(20)13(22)11-8-9-18-15(19-11)27-5/h8-9,12H,6-7,10H2,1-5H3/t12-/m0/s1. The lowest BCUT2D eigenvalue weighted by Gasteiger charge is -2.42. The highest BCUT2D eigenvalue weighted by atomic mass is 32.2. The molecule has 1 aromatic rings. The van der Waals surface area contributed by atoms with Crippen molar-refractivity contribution in [3.8, 4) is 0 Å². The van der Waals surface area contributed by atoms with Crippen molar-refractivity contribution in [1.29, 1.82) is 0 Å². The Morgan fingerprint density at radius 1 is 1.30 bits per heavy atom. The second-order valence-corrected chi connectivity index (χ2v) is 7.64. The zero-order valence-electron chi connectivity index (χ0n) is 16.1. The van der Waals surface area contributed by atoms with Crippen LogP contribution in [0.15, 0.2) is 17.4 Å². The molecule has 1 aliphatic heterocycles. The minimum Gasteiger partial charge on any atom is -0.467 e. The minimum absolute atomic E-state index is 0.0821. The fourth-order valence-electron chi connectivity index (χ4n) is 2.61. The van der Waals surface area contributed by atoms with Crippen LogP contribution in [0.4, 0.5) is 4.79 Å². The summed E-state index contributed by atoms with van der Waals surface area (Å²) in [4.78, 5) is 46.3. The summed E-state index contributed by atoms with van der Waals surface area (Å²) in [5.41, 5.74) is -0.663. The molecule has 148 valence electrons. The van der Waals surface area contributed by atoms with Gasteiger partial charge in [-0.3, -0.25) is 4.79 Å². The zero-order chi connectivity index (χ0) is 20.2. The van der Waals surface area contributed by atoms with Crippen molar-refractivity contribution in [2.45, 2.75) is 50.4 Å². The first-order valence-corrected chi connectivity index (χ1v) is 9.69. The molecule has 0 N–H and O–H groups in total. The Morgan fingerprint density at radius 2 is 2.00 bits per heavy atom. The smallest absolute Gasteiger partial charge is 0.429 e. The predicted octanol–water partition coefficient (Wildman–Crippen LogP) is 2.13. The maximum absolute atomic E-state index is 13.1. The van der Waals surface area contributed by atoms with Crippen LogP contribution in [0, 0.1) is 0 Å². The molecule has 1 atom stereocenters. The number of methoxy groups -OCH3 is 1. The Kier molecular flexibility index (Phi) is 6.63. The Hall–Kier alpha value is -2.36. The van der Waals surface area contributed by atoms with Gasteiger partial charge in [-0.2, -0.15) is 0 Å². The van der Waals surface area contributed by atoms with Crippen molar-refractivity contribution < 1.29 is 23.9 Å². The molecule has 0 radical (unpaired) electrons. The SMILES string of the molecule is COC(=O)[C@@H]1CCCN(C(=O)OC(C)(C)C)N1C(=O)c1ccnc(SC)n1. The molecule has 0 spiro atoms. The molecule has 0 aromatic carbocycles. The van der Waals surface area contributed by atoms with Gasteiger partial charge in [0.15, 0.2) is 11.2 Å². The molecule has 1 aromatic heterocycles. The van der Waals surface area contributed by atoms with Crippen LogP contribution in [0.25, 0.3) is 0 Å². The fraction of sp³-hybridized carbons (Fsp3) is 0.588. The Morgan fingerprint density at radius 3 is 2.59 bits per heavy atom. The number of hydrogen-bond acceptors (Lipinski definition) is 8. The van der Waals surface area contributed by atoms with Gasteiger partial charge in [0.2, 0.25) is 0 Å². The van der Waals surface area contributed by atoms with E-state index in [1.807, 2.05) is 0 Å². The quantitative estimate of drug-likeness (QED) is 0.435. The van der Waals surface area contributed by atoms with Gasteiger partial charge < -0.3 is 9.47 Å². The number of ether oxygens (including phenoxy) is 2. The highest BCUT2D eigenvalue weighted by Crippen LogP contribution is 2.24. The number of rotatable bonds is 3. The van der Waals surface area contributed by atoms with Gasteiger partial charge >= 0.3 is 12.1 Å². The van der Waals surface area contributed by atoms with Gasteiger partial charge in [-0.1, -0.05) is 11.8 Å². The molecule has 2 heterocycles. The maximum Gasteiger partial charge on any atom is 0.429 e. The zero-order valence-corrected chi connectivity index (χ0v) is 16.9. The molecular weight excluding hydrogens is 372 g/mol. The van der Waals surface area contributed by atoms with Crippen LogP contribution in [0.3, 0.4) is 0 Å². The summed E-state index contributed by atoms with van der Waals surface area (Å²) in [6, 6.07) is 0.509. The van der Waals surface area contributed by atoms with E-state index in [1.165, 1.54) is 31.1 Å². The summed E-state index contributed by atoms with van der Waals surface area (Å²) in [5, 5.41) is 2.66. The van der Waals surface area contributed by atoms with Gasteiger partial charge in [0.05, 0.1) is 7.11 Å². The number of amides is 2. The predicted molar refractivity (Wildman–Crippen MR) is 98.0 cm³/mol. The lowest BCUT2D eigenvalue weighted by atomic mass is 10.1. The van der Waals surface area contributed by atoms with Gasteiger partial charge in [-0.05, 0) is 45.9 Å². The van der Waals surface area contributed by atoms with Gasteiger partial charge in [0.25, 0.3) is 5.91 Å². The topological polar surface area (TPSA) is 102 Å². The van der Waals surface area contributed by atoms with E-state index in [9.17, 15) is 14.4 Å². The number of thioether (sulfide) groups is 1. The summed E-state index contributed by atoms with van der Waals surface area (Å²) in [6.45, 7) is 5.44. The molecule has 0 bridgehead atoms. The summed E-state index contributed by atoms with van der Waals surface area (Å²) >= 11 is 1.28. The second-order valence-electron chi connectivity index (χ2n) is 6.86. The lowest BCUT2D eigenvalue weighted by Crippen LogP contribution is -2.61. The third kappa shape index (κ3) is 5.09. The molecule has 27 heavy (non-hydrogen) atoms. The number of hydrazine groups is 1. The van der Waals surface area contributed by atoms with E-state index in [0.717, 1.165) is 10.0 Å². The second kappa shape index (κ2) is 8.55. The van der Waals surface area contributed by atoms with Crippen LogP contribution in [0.2, 0.25) is 0 Å². The third-order valence-electron chi connectivity index (χ3n) is 3.72. The first kappa shape index (κ1) is 20.9. The highest BCUT2D eigenvalue weighted by molar-refractivity contribution is 7.98. The van der Waals surface area contributed by atoms with Gasteiger partial charge in [-0.25, -0.2) is 29.6 Å². The van der Waals surface area contributed by atoms with Gasteiger partial charge in [0.1, 0.15) is 11.3 Å². The van der Waals surface area contributed by atoms with E-state index in [2.05, 4.69) is 9.97 Å². The number of nitrogens with zero attached hydrogens (tertiary/aromatic N) is 4. The average Bonchev–Trinajstić information content (AvgIpc) is 2.64. The van der Waals surface area contributed by atoms with E-state index >= 15 is 0 Å². The average molecular weight is 396 g/mol. The van der Waals surface area contributed by atoms with Crippen molar-refractivity contribution in [2.24, 2.45) is 0 Å². The van der Waals surface area contributed by atoms with E-state index in [0.29, 0.717) is 18.0 Å². The summed E-state index contributed by atoms with van der Waals surface area (Å²) in [7, 11) is 1.24. The Labute approximate surface area is 162 Å². The summed E-state index contributed by atoms with van der Waals surface area (Å²) < 4.78 is 10.2. The fourth-order valence-corrected chi connectivity index (χ4v) is 2.96. The molecule has 2 rings (SSSR count). The van der Waals surface area contributed by atoms with Crippen molar-refractivity contribution >= 4 is 29.7 Å². The largest absolute Gasteiger partial charge is 0.467 e. The third-order valence-corrected chi connectivity index (χ3v) is 4.29. The van der Waals surface area contributed by atoms with E-state index in [4.69, 9.17) is 9.47 Å². The molecule has 0 saturated carbocycles. The molecule has 0 unspecified atom stereocenters. The number of carbonyl (C=O) groups is 3. The van der Waals surface area contributed by atoms with Crippen LogP contribution in [-0.2, 0) is 14.3 Å². The Balaban J connectivity index is 2.41. The van der Waals surface area contributed by atoms with Crippen LogP contribution < -0.4 is 0 Å². The number of aromatic nitrogens is 2. The molecule has 1 saturated heterocycles. The monoisotopic (exact) mass is 396 g/mol. The molecular formula is C17H24N4O5S. The molecule has 9 nitrogen and oxygen atoms in total. The molecule has 1 aliphatic rings. The van der Waals surface area contributed by atoms with Crippen molar-refractivity contribution in [1.82, 2.24) is 20.0 Å². The lowest BCUT2D eigenvalue weighted by molar-refractivity contribution is -0.155. The van der Waals surface area contributed by atoms with Crippen molar-refractivity contribution in [3.05, 3.63) is 18.0 Å². The van der Waals surface area contributed by atoms with E-state index < -0.39 is 29.6 Å². The Bertz CT molecular complexity index is 722. The van der Waals surface area contributed by atoms with Crippen molar-refractivity contribution in [3.63, 3.8) is 0 Å². The number of esters is 1. The van der Waals surface area contributed by atoms with Crippen LogP contribution in [-0.4, -0.2) is 69.5 Å². The molecule has 0 aliphatic carbocycles. The van der Waals surface area contributed by atoms with E-state index in [-0.39, 0.29) is 12.2 Å². The first-order valence-electron chi connectivity index (χ1n) is 8.46. The van der Waals surface area contributed by atoms with Gasteiger partial charge in [-0.15, -0.1) is 0 Å². The maximum atomic E-state index is 13.1. The number of hydrogen-bond donors (Lipinski definition) is 0. The highest BCUT2D eigenvalue weighted by Gasteiger charge is 2.42. The first-order chi connectivity index (χ1) is 12.7. The molecule has 2 amide bonds. The normalized spacial score (nSPS) is 17.4. The minimum atomic E-state index is -0.934.